The summed E-state index contributed by atoms with van der Waals surface area (Å²) >= 11 is 0. The van der Waals surface area contributed by atoms with E-state index in [9.17, 15) is 4.79 Å². The number of nitrogens with one attached hydrogen (secondary N) is 2. The van der Waals surface area contributed by atoms with Crippen LogP contribution < -0.4 is 15.4 Å². The van der Waals surface area contributed by atoms with Gasteiger partial charge in [0.2, 0.25) is 0 Å². The average Bonchev–Trinajstić information content (AvgIpc) is 3.59. The van der Waals surface area contributed by atoms with Gasteiger partial charge in [0.05, 0.1) is 6.10 Å². The number of carbonyl (C=O) groups is 1. The fourth-order valence-electron chi connectivity index (χ4n) is 6.34. The van der Waals surface area contributed by atoms with E-state index < -0.39 is 0 Å². The Morgan fingerprint density at radius 3 is 2.02 bits per heavy atom. The Hall–Kier alpha value is -4.16. The molecular formula is C38H44N4O2. The summed E-state index contributed by atoms with van der Waals surface area (Å²) in [5.74, 6) is 0.855. The lowest BCUT2D eigenvalue weighted by atomic mass is 9.95. The second kappa shape index (κ2) is 15.0. The highest BCUT2D eigenvalue weighted by Crippen LogP contribution is 2.26. The Morgan fingerprint density at radius 2 is 1.36 bits per heavy atom. The van der Waals surface area contributed by atoms with Gasteiger partial charge in [-0.1, -0.05) is 73.9 Å². The number of hydrogen-bond donors (Lipinski definition) is 2. The molecule has 6 nitrogen and oxygen atoms in total. The van der Waals surface area contributed by atoms with E-state index in [1.54, 1.807) is 6.20 Å². The van der Waals surface area contributed by atoms with Gasteiger partial charge < -0.3 is 20.3 Å². The molecule has 0 unspecified atom stereocenters. The maximum absolute atomic E-state index is 13.5. The van der Waals surface area contributed by atoms with Gasteiger partial charge in [0.1, 0.15) is 5.75 Å². The minimum atomic E-state index is -0.153. The van der Waals surface area contributed by atoms with Crippen LogP contribution in [0.4, 0.5) is 10.5 Å². The molecule has 2 fully saturated rings. The molecule has 2 saturated carbocycles. The highest BCUT2D eigenvalue weighted by Gasteiger charge is 2.18. The summed E-state index contributed by atoms with van der Waals surface area (Å²) < 4.78 is 6.09. The Kier molecular flexibility index (Phi) is 10.2. The molecule has 1 aromatic heterocycles. The third-order valence-electron chi connectivity index (χ3n) is 8.91. The van der Waals surface area contributed by atoms with Gasteiger partial charge in [-0.15, -0.1) is 0 Å². The number of nitrogens with zero attached hydrogens (tertiary/aromatic N) is 2. The van der Waals surface area contributed by atoms with Gasteiger partial charge in [-0.3, -0.25) is 4.98 Å². The molecule has 0 radical (unpaired) electrons. The number of carbonyl (C=O) groups excluding carboxylic acids is 1. The lowest BCUT2D eigenvalue weighted by Crippen LogP contribution is -2.34. The van der Waals surface area contributed by atoms with Crippen molar-refractivity contribution in [2.24, 2.45) is 0 Å². The summed E-state index contributed by atoms with van der Waals surface area (Å²) in [4.78, 5) is 19.6. The van der Waals surface area contributed by atoms with Crippen molar-refractivity contribution in [1.82, 2.24) is 15.2 Å². The molecule has 0 atom stereocenters. The monoisotopic (exact) mass is 588 g/mol. The summed E-state index contributed by atoms with van der Waals surface area (Å²) in [6.45, 7) is 1.87. The van der Waals surface area contributed by atoms with Gasteiger partial charge in [-0.25, -0.2) is 4.79 Å². The van der Waals surface area contributed by atoms with Crippen molar-refractivity contribution in [2.75, 3.05) is 5.32 Å². The molecule has 228 valence electrons. The van der Waals surface area contributed by atoms with E-state index in [-0.39, 0.29) is 6.03 Å². The molecule has 2 aliphatic rings. The highest BCUT2D eigenvalue weighted by atomic mass is 16.5. The number of rotatable bonds is 11. The molecule has 2 amide bonds. The van der Waals surface area contributed by atoms with E-state index in [4.69, 9.17) is 4.74 Å². The molecule has 6 rings (SSSR count). The number of aromatic nitrogens is 1. The van der Waals surface area contributed by atoms with Gasteiger partial charge in [-0.05, 0) is 96.7 Å². The molecule has 1 heterocycles. The van der Waals surface area contributed by atoms with Crippen LogP contribution in [0.1, 0.15) is 74.5 Å². The number of pyridine rings is 1. The molecular weight excluding hydrogens is 544 g/mol. The van der Waals surface area contributed by atoms with Crippen molar-refractivity contribution < 1.29 is 9.53 Å². The Labute approximate surface area is 261 Å². The summed E-state index contributed by atoms with van der Waals surface area (Å²) in [6, 6.07) is 29.5. The molecule has 0 bridgehead atoms. The van der Waals surface area contributed by atoms with Gasteiger partial charge in [0.15, 0.2) is 0 Å². The van der Waals surface area contributed by atoms with Crippen LogP contribution in [-0.2, 0) is 19.6 Å². The van der Waals surface area contributed by atoms with E-state index >= 15 is 0 Å². The Bertz CT molecular complexity index is 1440. The fraction of sp³-hybridized carbons (Fsp3) is 0.368. The zero-order chi connectivity index (χ0) is 30.0. The third kappa shape index (κ3) is 8.48. The number of amides is 2. The first-order chi connectivity index (χ1) is 21.7. The molecule has 2 aliphatic carbocycles. The van der Waals surface area contributed by atoms with Crippen molar-refractivity contribution in [3.63, 3.8) is 0 Å². The van der Waals surface area contributed by atoms with E-state index in [0.29, 0.717) is 25.2 Å². The molecule has 0 aliphatic heterocycles. The quantitative estimate of drug-likeness (QED) is 0.184. The summed E-state index contributed by atoms with van der Waals surface area (Å²) in [5, 5.41) is 6.82. The lowest BCUT2D eigenvalue weighted by molar-refractivity contribution is 0.206. The lowest BCUT2D eigenvalue weighted by Gasteiger charge is -2.24. The van der Waals surface area contributed by atoms with Crippen molar-refractivity contribution in [1.29, 1.82) is 0 Å². The molecule has 4 aromatic rings. The van der Waals surface area contributed by atoms with Gasteiger partial charge in [0.25, 0.3) is 0 Å². The first-order valence-electron chi connectivity index (χ1n) is 16.3. The van der Waals surface area contributed by atoms with Crippen LogP contribution in [0.2, 0.25) is 0 Å². The number of hydrogen-bond acceptors (Lipinski definition) is 4. The van der Waals surface area contributed by atoms with Gasteiger partial charge in [0, 0.05) is 43.8 Å². The Morgan fingerprint density at radius 1 is 0.727 bits per heavy atom. The predicted octanol–water partition coefficient (Wildman–Crippen LogP) is 8.73. The van der Waals surface area contributed by atoms with Crippen LogP contribution in [0.5, 0.6) is 5.75 Å². The highest BCUT2D eigenvalue weighted by molar-refractivity contribution is 5.89. The van der Waals surface area contributed by atoms with Gasteiger partial charge >= 0.3 is 6.03 Å². The topological polar surface area (TPSA) is 66.5 Å². The van der Waals surface area contributed by atoms with Crippen molar-refractivity contribution in [3.05, 3.63) is 114 Å². The van der Waals surface area contributed by atoms with Crippen LogP contribution in [0.15, 0.2) is 97.3 Å². The second-order valence-corrected chi connectivity index (χ2v) is 12.3. The molecule has 44 heavy (non-hydrogen) atoms. The molecule has 0 saturated heterocycles. The predicted molar refractivity (Wildman–Crippen MR) is 177 cm³/mol. The number of benzene rings is 3. The largest absolute Gasteiger partial charge is 0.490 e. The van der Waals surface area contributed by atoms with Crippen LogP contribution in [0, 0.1) is 0 Å². The van der Waals surface area contributed by atoms with E-state index in [1.165, 1.54) is 61.6 Å². The van der Waals surface area contributed by atoms with Crippen LogP contribution in [0.3, 0.4) is 0 Å². The zero-order valence-corrected chi connectivity index (χ0v) is 25.6. The first-order valence-corrected chi connectivity index (χ1v) is 16.3. The van der Waals surface area contributed by atoms with Crippen molar-refractivity contribution in [2.45, 2.75) is 89.6 Å². The average molecular weight is 589 g/mol. The number of ether oxygens (including phenoxy) is 1. The van der Waals surface area contributed by atoms with Crippen LogP contribution in [0.25, 0.3) is 11.1 Å². The van der Waals surface area contributed by atoms with E-state index in [0.717, 1.165) is 42.0 Å². The summed E-state index contributed by atoms with van der Waals surface area (Å²) in [5.41, 5.74) is 6.49. The van der Waals surface area contributed by atoms with E-state index in [2.05, 4.69) is 64.1 Å². The molecule has 6 heteroatoms. The number of urea groups is 1. The standard InChI is InChI=1S/C38H44N4O2/c43-38(41-35-20-22-37(23-21-35)44-36-10-4-5-11-36)42(28-31-7-6-24-39-25-31)27-30-14-18-33(19-15-30)32-16-12-29(13-17-32)26-40-34-8-2-1-3-9-34/h6-7,12-25,34,36,40H,1-5,8-11,26-28H2,(H,41,43). The minimum absolute atomic E-state index is 0.153. The SMILES string of the molecule is O=C(Nc1ccc(OC2CCCC2)cc1)N(Cc1ccc(-c2ccc(CNC3CCCCC3)cc2)cc1)Cc1cccnc1. The maximum Gasteiger partial charge on any atom is 0.322 e. The first kappa shape index (κ1) is 29.9. The minimum Gasteiger partial charge on any atom is -0.490 e. The van der Waals surface area contributed by atoms with Crippen LogP contribution >= 0.6 is 0 Å². The second-order valence-electron chi connectivity index (χ2n) is 12.3. The molecule has 2 N–H and O–H groups in total. The van der Waals surface area contributed by atoms with Crippen LogP contribution in [-0.4, -0.2) is 28.1 Å². The maximum atomic E-state index is 13.5. The van der Waals surface area contributed by atoms with Crippen molar-refractivity contribution >= 4 is 11.7 Å². The number of anilines is 1. The summed E-state index contributed by atoms with van der Waals surface area (Å²) in [7, 11) is 0. The fourth-order valence-corrected chi connectivity index (χ4v) is 6.34. The molecule has 0 spiro atoms. The van der Waals surface area contributed by atoms with Crippen molar-refractivity contribution in [3.8, 4) is 16.9 Å². The summed E-state index contributed by atoms with van der Waals surface area (Å²) in [6.07, 6.45) is 15.3. The third-order valence-corrected chi connectivity index (χ3v) is 8.91. The normalized spacial score (nSPS) is 15.6. The smallest absolute Gasteiger partial charge is 0.322 e. The van der Waals surface area contributed by atoms with E-state index in [1.807, 2.05) is 47.5 Å². The Balaban J connectivity index is 1.08. The zero-order valence-electron chi connectivity index (χ0n) is 25.6. The molecule has 3 aromatic carbocycles. The van der Waals surface area contributed by atoms with Gasteiger partial charge in [-0.2, -0.15) is 0 Å².